The topological polar surface area (TPSA) is 68.9 Å². The Morgan fingerprint density at radius 2 is 2.28 bits per heavy atom. The SMILES string of the molecule is O=C1CCCCCC1c1nc(-c2cscn2)no1. The van der Waals surface area contributed by atoms with Gasteiger partial charge < -0.3 is 4.52 Å². The summed E-state index contributed by atoms with van der Waals surface area (Å²) in [4.78, 5) is 20.4. The molecule has 0 radical (unpaired) electrons. The summed E-state index contributed by atoms with van der Waals surface area (Å²) in [5.41, 5.74) is 2.43. The molecule has 2 aromatic heterocycles. The van der Waals surface area contributed by atoms with Gasteiger partial charge in [-0.15, -0.1) is 11.3 Å². The van der Waals surface area contributed by atoms with Crippen LogP contribution in [0.15, 0.2) is 15.4 Å². The standard InChI is InChI=1S/C12H13N3O2S/c16-10-5-3-1-2-4-8(10)12-14-11(15-17-12)9-6-18-7-13-9/h6-8H,1-5H2. The van der Waals surface area contributed by atoms with Crippen LogP contribution in [0.5, 0.6) is 0 Å². The number of Topliss-reactive ketones (excluding diaryl/α,β-unsaturated/α-hetero) is 1. The third kappa shape index (κ3) is 2.20. The molecular weight excluding hydrogens is 250 g/mol. The lowest BCUT2D eigenvalue weighted by Crippen LogP contribution is -2.10. The van der Waals surface area contributed by atoms with Crippen molar-refractivity contribution in [1.82, 2.24) is 15.1 Å². The van der Waals surface area contributed by atoms with Gasteiger partial charge in [-0.05, 0) is 12.8 Å². The molecule has 6 heteroatoms. The smallest absolute Gasteiger partial charge is 0.237 e. The van der Waals surface area contributed by atoms with Gasteiger partial charge in [0.05, 0.1) is 11.4 Å². The maximum atomic E-state index is 12.0. The highest BCUT2D eigenvalue weighted by molar-refractivity contribution is 7.07. The summed E-state index contributed by atoms with van der Waals surface area (Å²) in [5.74, 6) is 0.932. The molecule has 0 aliphatic heterocycles. The van der Waals surface area contributed by atoms with Crippen LogP contribution in [-0.4, -0.2) is 20.9 Å². The average molecular weight is 263 g/mol. The van der Waals surface area contributed by atoms with E-state index in [9.17, 15) is 4.79 Å². The van der Waals surface area contributed by atoms with E-state index in [-0.39, 0.29) is 11.7 Å². The maximum absolute atomic E-state index is 12.0. The Balaban J connectivity index is 1.86. The van der Waals surface area contributed by atoms with Crippen LogP contribution in [0.4, 0.5) is 0 Å². The van der Waals surface area contributed by atoms with Gasteiger partial charge in [0, 0.05) is 11.8 Å². The molecule has 1 aliphatic rings. The molecular formula is C12H13N3O2S. The third-order valence-electron chi connectivity index (χ3n) is 3.21. The van der Waals surface area contributed by atoms with Crippen LogP contribution < -0.4 is 0 Å². The fraction of sp³-hybridized carbons (Fsp3) is 0.500. The van der Waals surface area contributed by atoms with E-state index < -0.39 is 0 Å². The van der Waals surface area contributed by atoms with E-state index in [0.717, 1.165) is 25.7 Å². The van der Waals surface area contributed by atoms with E-state index in [4.69, 9.17) is 4.52 Å². The van der Waals surface area contributed by atoms with Crippen molar-refractivity contribution in [3.8, 4) is 11.5 Å². The van der Waals surface area contributed by atoms with Crippen molar-refractivity contribution in [2.75, 3.05) is 0 Å². The Hall–Kier alpha value is -1.56. The molecule has 0 bridgehead atoms. The molecule has 1 fully saturated rings. The van der Waals surface area contributed by atoms with Gasteiger partial charge in [0.15, 0.2) is 0 Å². The van der Waals surface area contributed by atoms with Gasteiger partial charge in [-0.3, -0.25) is 4.79 Å². The number of rotatable bonds is 2. The van der Waals surface area contributed by atoms with Gasteiger partial charge in [-0.2, -0.15) is 4.98 Å². The second-order valence-electron chi connectivity index (χ2n) is 4.45. The molecule has 0 amide bonds. The molecule has 18 heavy (non-hydrogen) atoms. The summed E-state index contributed by atoms with van der Waals surface area (Å²) in [6.07, 6.45) is 4.57. The van der Waals surface area contributed by atoms with Crippen molar-refractivity contribution < 1.29 is 9.32 Å². The summed E-state index contributed by atoms with van der Waals surface area (Å²) in [5, 5.41) is 5.77. The van der Waals surface area contributed by atoms with Crippen LogP contribution in [-0.2, 0) is 4.79 Å². The molecule has 2 heterocycles. The van der Waals surface area contributed by atoms with Gasteiger partial charge in [0.25, 0.3) is 0 Å². The highest BCUT2D eigenvalue weighted by Gasteiger charge is 2.28. The zero-order valence-electron chi connectivity index (χ0n) is 9.83. The Labute approximate surface area is 108 Å². The predicted octanol–water partition coefficient (Wildman–Crippen LogP) is 2.81. The second-order valence-corrected chi connectivity index (χ2v) is 5.17. The lowest BCUT2D eigenvalue weighted by Gasteiger charge is -2.05. The van der Waals surface area contributed by atoms with Crippen LogP contribution in [0.1, 0.15) is 43.9 Å². The number of carbonyl (C=O) groups is 1. The molecule has 0 N–H and O–H groups in total. The summed E-state index contributed by atoms with van der Waals surface area (Å²) < 4.78 is 5.24. The number of aromatic nitrogens is 3. The first-order chi connectivity index (χ1) is 8.84. The lowest BCUT2D eigenvalue weighted by molar-refractivity contribution is -0.120. The first-order valence-electron chi connectivity index (χ1n) is 6.09. The fourth-order valence-corrected chi connectivity index (χ4v) is 2.76. The van der Waals surface area contributed by atoms with Gasteiger partial charge in [0.2, 0.25) is 11.7 Å². The van der Waals surface area contributed by atoms with E-state index in [2.05, 4.69) is 15.1 Å². The summed E-state index contributed by atoms with van der Waals surface area (Å²) in [6.45, 7) is 0. The summed E-state index contributed by atoms with van der Waals surface area (Å²) in [6, 6.07) is 0. The second kappa shape index (κ2) is 4.97. The van der Waals surface area contributed by atoms with Gasteiger partial charge >= 0.3 is 0 Å². The minimum atomic E-state index is -0.215. The van der Waals surface area contributed by atoms with Gasteiger partial charge in [-0.1, -0.05) is 18.0 Å². The Kier molecular flexibility index (Phi) is 3.19. The molecule has 1 saturated carbocycles. The summed E-state index contributed by atoms with van der Waals surface area (Å²) in [7, 11) is 0. The van der Waals surface area contributed by atoms with Crippen molar-refractivity contribution in [2.24, 2.45) is 0 Å². The van der Waals surface area contributed by atoms with Crippen LogP contribution in [0.3, 0.4) is 0 Å². The molecule has 2 aromatic rings. The fourth-order valence-electron chi connectivity index (χ4n) is 2.22. The molecule has 1 aliphatic carbocycles. The molecule has 1 unspecified atom stereocenters. The molecule has 1 atom stereocenters. The Bertz CT molecular complexity index is 535. The first-order valence-corrected chi connectivity index (χ1v) is 7.04. The van der Waals surface area contributed by atoms with Crippen LogP contribution in [0.2, 0.25) is 0 Å². The molecule has 0 aromatic carbocycles. The quantitative estimate of drug-likeness (QED) is 0.779. The molecule has 3 rings (SSSR count). The van der Waals surface area contributed by atoms with Crippen molar-refractivity contribution in [3.63, 3.8) is 0 Å². The number of nitrogens with zero attached hydrogens (tertiary/aromatic N) is 3. The van der Waals surface area contributed by atoms with Crippen LogP contribution in [0.25, 0.3) is 11.5 Å². The van der Waals surface area contributed by atoms with E-state index >= 15 is 0 Å². The van der Waals surface area contributed by atoms with E-state index in [1.165, 1.54) is 11.3 Å². The van der Waals surface area contributed by atoms with Crippen molar-refractivity contribution >= 4 is 17.1 Å². The van der Waals surface area contributed by atoms with Crippen molar-refractivity contribution in [1.29, 1.82) is 0 Å². The molecule has 5 nitrogen and oxygen atoms in total. The number of hydrogen-bond donors (Lipinski definition) is 0. The monoisotopic (exact) mass is 263 g/mol. The highest BCUT2D eigenvalue weighted by atomic mass is 32.1. The largest absolute Gasteiger partial charge is 0.338 e. The van der Waals surface area contributed by atoms with Crippen molar-refractivity contribution in [3.05, 3.63) is 16.8 Å². The minimum Gasteiger partial charge on any atom is -0.338 e. The first kappa shape index (κ1) is 11.5. The highest BCUT2D eigenvalue weighted by Crippen LogP contribution is 2.29. The van der Waals surface area contributed by atoms with Gasteiger partial charge in [-0.25, -0.2) is 4.98 Å². The van der Waals surface area contributed by atoms with Crippen LogP contribution in [0, 0.1) is 0 Å². The third-order valence-corrected chi connectivity index (χ3v) is 3.79. The lowest BCUT2D eigenvalue weighted by atomic mass is 9.99. The number of thiazole rings is 1. The van der Waals surface area contributed by atoms with Gasteiger partial charge in [0.1, 0.15) is 11.5 Å². The molecule has 94 valence electrons. The van der Waals surface area contributed by atoms with Crippen LogP contribution >= 0.6 is 11.3 Å². The van der Waals surface area contributed by atoms with Crippen molar-refractivity contribution in [2.45, 2.75) is 38.0 Å². The normalized spacial score (nSPS) is 20.9. The van der Waals surface area contributed by atoms with E-state index in [0.29, 0.717) is 23.8 Å². The number of carbonyl (C=O) groups excluding carboxylic acids is 1. The zero-order chi connectivity index (χ0) is 12.4. The van der Waals surface area contributed by atoms with E-state index in [1.807, 2.05) is 5.38 Å². The summed E-state index contributed by atoms with van der Waals surface area (Å²) >= 11 is 1.48. The predicted molar refractivity (Wildman–Crippen MR) is 66.2 cm³/mol. The number of ketones is 1. The maximum Gasteiger partial charge on any atom is 0.237 e. The Morgan fingerprint density at radius 1 is 1.33 bits per heavy atom. The Morgan fingerprint density at radius 3 is 3.11 bits per heavy atom. The molecule has 0 saturated heterocycles. The minimum absolute atomic E-state index is 0.215. The zero-order valence-corrected chi connectivity index (χ0v) is 10.7. The number of hydrogen-bond acceptors (Lipinski definition) is 6. The molecule has 0 spiro atoms. The van der Waals surface area contributed by atoms with E-state index in [1.54, 1.807) is 5.51 Å². The average Bonchev–Trinajstić information content (AvgIpc) is 3.00.